The molecule has 1 unspecified atom stereocenters. The maximum atomic E-state index is 11.5. The molecule has 1 rings (SSSR count). The molecule has 20 heavy (non-hydrogen) atoms. The van der Waals surface area contributed by atoms with Gasteiger partial charge in [0.25, 0.3) is 9.05 Å². The van der Waals surface area contributed by atoms with E-state index in [0.29, 0.717) is 5.56 Å². The second kappa shape index (κ2) is 6.30. The van der Waals surface area contributed by atoms with Gasteiger partial charge in [0, 0.05) is 16.7 Å². The summed E-state index contributed by atoms with van der Waals surface area (Å²) in [6.45, 7) is 3.12. The van der Waals surface area contributed by atoms with Crippen molar-refractivity contribution in [2.75, 3.05) is 12.9 Å². The number of rotatable bonds is 6. The number of ether oxygens (including phenoxy) is 1. The zero-order chi connectivity index (χ0) is 15.6. The van der Waals surface area contributed by atoms with Crippen molar-refractivity contribution < 1.29 is 21.6 Å². The average molecular weight is 342 g/mol. The molecule has 0 bridgehead atoms. The molecular formula is C11H16ClNO5S2. The van der Waals surface area contributed by atoms with Crippen LogP contribution in [0, 0.1) is 0 Å². The van der Waals surface area contributed by atoms with E-state index in [0.717, 1.165) is 0 Å². The van der Waals surface area contributed by atoms with Gasteiger partial charge in [-0.05, 0) is 31.5 Å². The fourth-order valence-corrected chi connectivity index (χ4v) is 3.45. The first-order valence-corrected chi connectivity index (χ1v) is 9.69. The van der Waals surface area contributed by atoms with E-state index >= 15 is 0 Å². The average Bonchev–Trinajstić information content (AvgIpc) is 2.36. The third kappa shape index (κ3) is 4.34. The molecule has 0 radical (unpaired) electrons. The van der Waals surface area contributed by atoms with Crippen molar-refractivity contribution >= 4 is 29.8 Å². The van der Waals surface area contributed by atoms with Crippen LogP contribution in [-0.2, 0) is 19.1 Å². The standard InChI is InChI=1S/C11H16ClNO5S2/c1-4-19(14,15)13-8(2)9-5-6-10(18-3)11(7-9)20(12,16)17/h5-8,13H,4H2,1-3H3. The van der Waals surface area contributed by atoms with Crippen LogP contribution in [0.25, 0.3) is 0 Å². The van der Waals surface area contributed by atoms with Crippen molar-refractivity contribution in [1.29, 1.82) is 0 Å². The monoisotopic (exact) mass is 341 g/mol. The molecule has 0 aliphatic heterocycles. The first-order valence-electron chi connectivity index (χ1n) is 5.73. The Balaban J connectivity index is 3.22. The van der Waals surface area contributed by atoms with Gasteiger partial charge in [-0.25, -0.2) is 21.6 Å². The first kappa shape index (κ1) is 17.2. The molecule has 1 atom stereocenters. The van der Waals surface area contributed by atoms with Crippen molar-refractivity contribution in [2.24, 2.45) is 0 Å². The smallest absolute Gasteiger partial charge is 0.264 e. The van der Waals surface area contributed by atoms with Gasteiger partial charge in [0.05, 0.1) is 12.9 Å². The van der Waals surface area contributed by atoms with Crippen LogP contribution in [0.4, 0.5) is 0 Å². The summed E-state index contributed by atoms with van der Waals surface area (Å²) in [5, 5.41) is 0. The molecular weight excluding hydrogens is 326 g/mol. The predicted octanol–water partition coefficient (Wildman–Crippen LogP) is 1.62. The fourth-order valence-electron chi connectivity index (χ4n) is 1.57. The van der Waals surface area contributed by atoms with Crippen LogP contribution in [0.5, 0.6) is 5.75 Å². The molecule has 0 saturated carbocycles. The Hall–Kier alpha value is -0.830. The second-order valence-corrected chi connectivity index (χ2v) is 8.67. The first-order chi connectivity index (χ1) is 9.10. The van der Waals surface area contributed by atoms with Crippen molar-refractivity contribution in [2.45, 2.75) is 24.8 Å². The van der Waals surface area contributed by atoms with Crippen LogP contribution < -0.4 is 9.46 Å². The number of halogens is 1. The summed E-state index contributed by atoms with van der Waals surface area (Å²) in [6, 6.07) is 3.72. The van der Waals surface area contributed by atoms with Gasteiger partial charge in [-0.15, -0.1) is 0 Å². The number of hydrogen-bond acceptors (Lipinski definition) is 5. The van der Waals surface area contributed by atoms with Gasteiger partial charge in [0.15, 0.2) is 0 Å². The van der Waals surface area contributed by atoms with E-state index in [9.17, 15) is 16.8 Å². The highest BCUT2D eigenvalue weighted by atomic mass is 35.7. The van der Waals surface area contributed by atoms with E-state index in [1.165, 1.54) is 26.2 Å². The third-order valence-electron chi connectivity index (χ3n) is 2.69. The summed E-state index contributed by atoms with van der Waals surface area (Å²) >= 11 is 0. The molecule has 1 N–H and O–H groups in total. The van der Waals surface area contributed by atoms with Crippen LogP contribution in [0.1, 0.15) is 25.5 Å². The summed E-state index contributed by atoms with van der Waals surface area (Å²) in [5.74, 6) is 0.0445. The summed E-state index contributed by atoms with van der Waals surface area (Å²) < 4.78 is 53.3. The lowest BCUT2D eigenvalue weighted by atomic mass is 10.1. The summed E-state index contributed by atoms with van der Waals surface area (Å²) in [6.07, 6.45) is 0. The summed E-state index contributed by atoms with van der Waals surface area (Å²) in [5.41, 5.74) is 0.474. The minimum atomic E-state index is -3.98. The molecule has 0 aliphatic rings. The SMILES string of the molecule is CCS(=O)(=O)NC(C)c1ccc(OC)c(S(=O)(=O)Cl)c1. The topological polar surface area (TPSA) is 89.5 Å². The van der Waals surface area contributed by atoms with Crippen molar-refractivity contribution in [3.05, 3.63) is 23.8 Å². The van der Waals surface area contributed by atoms with Gasteiger partial charge in [0.2, 0.25) is 10.0 Å². The summed E-state index contributed by atoms with van der Waals surface area (Å²) in [7, 11) is -0.719. The third-order valence-corrected chi connectivity index (χ3v) is 5.50. The Bertz CT molecular complexity index is 685. The minimum Gasteiger partial charge on any atom is -0.495 e. The van der Waals surface area contributed by atoms with E-state index in [-0.39, 0.29) is 16.4 Å². The number of benzene rings is 1. The van der Waals surface area contributed by atoms with Crippen LogP contribution in [-0.4, -0.2) is 29.7 Å². The van der Waals surface area contributed by atoms with E-state index in [1.807, 2.05) is 0 Å². The van der Waals surface area contributed by atoms with Crippen LogP contribution >= 0.6 is 10.7 Å². The molecule has 0 aromatic heterocycles. The van der Waals surface area contributed by atoms with Crippen LogP contribution in [0.15, 0.2) is 23.1 Å². The summed E-state index contributed by atoms with van der Waals surface area (Å²) in [4.78, 5) is -0.193. The molecule has 0 fully saturated rings. The molecule has 1 aromatic rings. The highest BCUT2D eigenvalue weighted by Gasteiger charge is 2.20. The Kier molecular flexibility index (Phi) is 5.42. The maximum Gasteiger partial charge on any atom is 0.264 e. The fraction of sp³-hybridized carbons (Fsp3) is 0.455. The normalized spacial score (nSPS) is 14.0. The number of methoxy groups -OCH3 is 1. The van der Waals surface area contributed by atoms with Crippen LogP contribution in [0.2, 0.25) is 0 Å². The van der Waals surface area contributed by atoms with E-state index in [2.05, 4.69) is 4.72 Å². The van der Waals surface area contributed by atoms with Gasteiger partial charge < -0.3 is 4.74 Å². The molecule has 0 aliphatic carbocycles. The minimum absolute atomic E-state index is 0.0614. The van der Waals surface area contributed by atoms with Crippen molar-refractivity contribution in [3.8, 4) is 5.75 Å². The van der Waals surface area contributed by atoms with Gasteiger partial charge in [-0.2, -0.15) is 0 Å². The molecule has 0 heterocycles. The lowest BCUT2D eigenvalue weighted by Gasteiger charge is -2.15. The Morgan fingerprint density at radius 1 is 1.30 bits per heavy atom. The van der Waals surface area contributed by atoms with Gasteiger partial charge >= 0.3 is 0 Å². The second-order valence-electron chi connectivity index (χ2n) is 4.09. The Morgan fingerprint density at radius 3 is 2.35 bits per heavy atom. The van der Waals surface area contributed by atoms with Gasteiger partial charge in [-0.1, -0.05) is 6.07 Å². The zero-order valence-corrected chi connectivity index (χ0v) is 13.6. The molecule has 0 spiro atoms. The molecule has 0 amide bonds. The largest absolute Gasteiger partial charge is 0.495 e. The Morgan fingerprint density at radius 2 is 1.90 bits per heavy atom. The molecule has 6 nitrogen and oxygen atoms in total. The lowest BCUT2D eigenvalue weighted by molar-refractivity contribution is 0.402. The van der Waals surface area contributed by atoms with E-state index in [1.54, 1.807) is 13.0 Å². The lowest BCUT2D eigenvalue weighted by Crippen LogP contribution is -2.28. The van der Waals surface area contributed by atoms with Crippen LogP contribution in [0.3, 0.4) is 0 Å². The zero-order valence-electron chi connectivity index (χ0n) is 11.3. The molecule has 1 aromatic carbocycles. The highest BCUT2D eigenvalue weighted by molar-refractivity contribution is 8.13. The quantitative estimate of drug-likeness (QED) is 0.794. The molecule has 114 valence electrons. The van der Waals surface area contributed by atoms with E-state index < -0.39 is 25.1 Å². The number of sulfonamides is 1. The molecule has 9 heteroatoms. The predicted molar refractivity (Wildman–Crippen MR) is 77.0 cm³/mol. The van der Waals surface area contributed by atoms with Crippen molar-refractivity contribution in [3.63, 3.8) is 0 Å². The number of nitrogens with one attached hydrogen (secondary N) is 1. The van der Waals surface area contributed by atoms with E-state index in [4.69, 9.17) is 15.4 Å². The van der Waals surface area contributed by atoms with Gasteiger partial charge in [-0.3, -0.25) is 0 Å². The Labute approximate surface area is 123 Å². The van der Waals surface area contributed by atoms with Gasteiger partial charge in [0.1, 0.15) is 10.6 Å². The highest BCUT2D eigenvalue weighted by Crippen LogP contribution is 2.29. The molecule has 0 saturated heterocycles. The van der Waals surface area contributed by atoms with Crippen molar-refractivity contribution in [1.82, 2.24) is 4.72 Å². The maximum absolute atomic E-state index is 11.5. The number of hydrogen-bond donors (Lipinski definition) is 1.